The number of halogens is 1. The molecule has 20 heavy (non-hydrogen) atoms. The van der Waals surface area contributed by atoms with Crippen LogP contribution in [-0.2, 0) is 0 Å². The van der Waals surface area contributed by atoms with Gasteiger partial charge >= 0.3 is 6.01 Å². The van der Waals surface area contributed by atoms with Gasteiger partial charge < -0.3 is 10.6 Å². The molecule has 1 aromatic carbocycles. The SMILES string of the molecule is NN=C(C=Nc1cccc(F)c1)COc1ncccn1. The van der Waals surface area contributed by atoms with E-state index in [0.29, 0.717) is 11.4 Å². The van der Waals surface area contributed by atoms with Crippen LogP contribution in [0, 0.1) is 5.82 Å². The molecule has 2 N–H and O–H groups in total. The quantitative estimate of drug-likeness (QED) is 0.510. The molecule has 0 radical (unpaired) electrons. The number of benzene rings is 1. The molecule has 6 nitrogen and oxygen atoms in total. The Kier molecular flexibility index (Phi) is 4.71. The van der Waals surface area contributed by atoms with Crippen molar-refractivity contribution in [1.82, 2.24) is 9.97 Å². The van der Waals surface area contributed by atoms with E-state index in [-0.39, 0.29) is 18.4 Å². The van der Waals surface area contributed by atoms with Crippen LogP contribution in [0.25, 0.3) is 0 Å². The van der Waals surface area contributed by atoms with E-state index >= 15 is 0 Å². The molecule has 0 saturated carbocycles. The van der Waals surface area contributed by atoms with Gasteiger partial charge in [0.25, 0.3) is 0 Å². The highest BCUT2D eigenvalue weighted by atomic mass is 19.1. The lowest BCUT2D eigenvalue weighted by Crippen LogP contribution is -2.15. The molecule has 7 heteroatoms. The molecule has 0 saturated heterocycles. The van der Waals surface area contributed by atoms with Gasteiger partial charge in [-0.15, -0.1) is 0 Å². The number of nitrogens with zero attached hydrogens (tertiary/aromatic N) is 4. The van der Waals surface area contributed by atoms with Gasteiger partial charge in [0.05, 0.1) is 11.9 Å². The van der Waals surface area contributed by atoms with Crippen LogP contribution in [-0.4, -0.2) is 28.5 Å². The van der Waals surface area contributed by atoms with Crippen LogP contribution < -0.4 is 10.6 Å². The smallest absolute Gasteiger partial charge is 0.316 e. The number of hydrogen-bond acceptors (Lipinski definition) is 6. The van der Waals surface area contributed by atoms with Crippen LogP contribution in [0.15, 0.2) is 52.8 Å². The second-order valence-electron chi connectivity index (χ2n) is 3.68. The monoisotopic (exact) mass is 273 g/mol. The molecule has 0 aliphatic heterocycles. The van der Waals surface area contributed by atoms with E-state index in [1.54, 1.807) is 30.6 Å². The number of nitrogens with two attached hydrogens (primary N) is 1. The lowest BCUT2D eigenvalue weighted by Gasteiger charge is -2.02. The largest absolute Gasteiger partial charge is 0.457 e. The summed E-state index contributed by atoms with van der Waals surface area (Å²) in [6.45, 7) is 0.0688. The third-order valence-electron chi connectivity index (χ3n) is 2.23. The average Bonchev–Trinajstić information content (AvgIpc) is 2.48. The average molecular weight is 273 g/mol. The number of hydrogen-bond donors (Lipinski definition) is 1. The van der Waals surface area contributed by atoms with Crippen molar-refractivity contribution in [2.75, 3.05) is 6.61 Å². The Hall–Kier alpha value is -2.83. The van der Waals surface area contributed by atoms with Crippen molar-refractivity contribution in [2.45, 2.75) is 0 Å². The summed E-state index contributed by atoms with van der Waals surface area (Å²) in [5.74, 6) is 4.87. The Morgan fingerprint density at radius 3 is 2.80 bits per heavy atom. The number of ether oxygens (including phenoxy) is 1. The van der Waals surface area contributed by atoms with Crippen molar-refractivity contribution in [2.24, 2.45) is 15.9 Å². The number of aromatic nitrogens is 2. The molecule has 2 rings (SSSR count). The first-order valence-electron chi connectivity index (χ1n) is 5.74. The maximum Gasteiger partial charge on any atom is 0.316 e. The summed E-state index contributed by atoms with van der Waals surface area (Å²) in [5, 5.41) is 3.53. The van der Waals surface area contributed by atoms with Crippen LogP contribution in [0.4, 0.5) is 10.1 Å². The van der Waals surface area contributed by atoms with Crippen LogP contribution in [0.1, 0.15) is 0 Å². The number of hydrazone groups is 1. The van der Waals surface area contributed by atoms with E-state index < -0.39 is 0 Å². The van der Waals surface area contributed by atoms with E-state index in [1.165, 1.54) is 18.3 Å². The molecule has 0 aliphatic carbocycles. The zero-order valence-electron chi connectivity index (χ0n) is 10.5. The number of aliphatic imine (C=N–C) groups is 1. The summed E-state index contributed by atoms with van der Waals surface area (Å²) < 4.78 is 18.2. The van der Waals surface area contributed by atoms with Gasteiger partial charge in [0, 0.05) is 12.4 Å². The third kappa shape index (κ3) is 4.13. The van der Waals surface area contributed by atoms with Gasteiger partial charge in [-0.2, -0.15) is 5.10 Å². The second-order valence-corrected chi connectivity index (χ2v) is 3.68. The van der Waals surface area contributed by atoms with Gasteiger partial charge in [0.1, 0.15) is 18.1 Å². The summed E-state index contributed by atoms with van der Waals surface area (Å²) in [4.78, 5) is 11.8. The molecule has 0 unspecified atom stereocenters. The Balaban J connectivity index is 1.96. The maximum atomic E-state index is 13.0. The zero-order chi connectivity index (χ0) is 14.2. The molecule has 2 aromatic rings. The minimum absolute atomic E-state index is 0.0688. The van der Waals surface area contributed by atoms with Crippen molar-refractivity contribution in [3.8, 4) is 6.01 Å². The summed E-state index contributed by atoms with van der Waals surface area (Å²) in [6.07, 6.45) is 4.52. The van der Waals surface area contributed by atoms with Crippen LogP contribution in [0.2, 0.25) is 0 Å². The first-order chi connectivity index (χ1) is 9.78. The van der Waals surface area contributed by atoms with Gasteiger partial charge in [-0.3, -0.25) is 4.99 Å². The Morgan fingerprint density at radius 1 is 1.30 bits per heavy atom. The van der Waals surface area contributed by atoms with Gasteiger partial charge in [-0.1, -0.05) is 6.07 Å². The molecule has 0 aliphatic rings. The van der Waals surface area contributed by atoms with E-state index in [2.05, 4.69) is 20.1 Å². The molecule has 0 bridgehead atoms. The lowest BCUT2D eigenvalue weighted by atomic mass is 10.3. The minimum atomic E-state index is -0.361. The van der Waals surface area contributed by atoms with Crippen molar-refractivity contribution in [1.29, 1.82) is 0 Å². The van der Waals surface area contributed by atoms with Crippen LogP contribution >= 0.6 is 0 Å². The molecule has 0 spiro atoms. The van der Waals surface area contributed by atoms with E-state index in [0.717, 1.165) is 0 Å². The van der Waals surface area contributed by atoms with Gasteiger partial charge in [0.2, 0.25) is 0 Å². The maximum absolute atomic E-state index is 13.0. The molecule has 1 heterocycles. The predicted octanol–water partition coefficient (Wildman–Crippen LogP) is 1.71. The highest BCUT2D eigenvalue weighted by molar-refractivity contribution is 6.31. The summed E-state index contributed by atoms with van der Waals surface area (Å²) >= 11 is 0. The first-order valence-corrected chi connectivity index (χ1v) is 5.74. The summed E-state index contributed by atoms with van der Waals surface area (Å²) in [6, 6.07) is 7.76. The normalized spacial score (nSPS) is 11.8. The van der Waals surface area contributed by atoms with E-state index in [9.17, 15) is 4.39 Å². The molecule has 0 fully saturated rings. The fourth-order valence-corrected chi connectivity index (χ4v) is 1.31. The topological polar surface area (TPSA) is 85.8 Å². The van der Waals surface area contributed by atoms with Crippen molar-refractivity contribution >= 4 is 17.6 Å². The van der Waals surface area contributed by atoms with Gasteiger partial charge in [-0.05, 0) is 24.3 Å². The van der Waals surface area contributed by atoms with Crippen molar-refractivity contribution in [3.63, 3.8) is 0 Å². The molecular formula is C13H12FN5O. The lowest BCUT2D eigenvalue weighted by molar-refractivity contribution is 0.346. The zero-order valence-corrected chi connectivity index (χ0v) is 10.5. The molecule has 102 valence electrons. The fraction of sp³-hybridized carbons (Fsp3) is 0.0769. The van der Waals surface area contributed by atoms with E-state index in [1.807, 2.05) is 0 Å². The number of rotatable bonds is 5. The standard InChI is InChI=1S/C13H12FN5O/c14-10-3-1-4-11(7-10)18-8-12(19-15)9-20-13-16-5-2-6-17-13/h1-8H,9,15H2. The minimum Gasteiger partial charge on any atom is -0.457 e. The Bertz CT molecular complexity index is 615. The van der Waals surface area contributed by atoms with Crippen molar-refractivity contribution in [3.05, 3.63) is 48.5 Å². The summed E-state index contributed by atoms with van der Waals surface area (Å²) in [5.41, 5.74) is 0.837. The first kappa shape index (κ1) is 13.6. The van der Waals surface area contributed by atoms with E-state index in [4.69, 9.17) is 10.6 Å². The molecule has 0 atom stereocenters. The van der Waals surface area contributed by atoms with Crippen molar-refractivity contribution < 1.29 is 9.13 Å². The fourth-order valence-electron chi connectivity index (χ4n) is 1.31. The van der Waals surface area contributed by atoms with Gasteiger partial charge in [0.15, 0.2) is 0 Å². The van der Waals surface area contributed by atoms with Crippen LogP contribution in [0.3, 0.4) is 0 Å². The molecule has 1 aromatic heterocycles. The highest BCUT2D eigenvalue weighted by Crippen LogP contribution is 2.12. The van der Waals surface area contributed by atoms with Gasteiger partial charge in [-0.25, -0.2) is 14.4 Å². The third-order valence-corrected chi connectivity index (χ3v) is 2.23. The molecule has 0 amide bonds. The Morgan fingerprint density at radius 2 is 2.10 bits per heavy atom. The van der Waals surface area contributed by atoms with Crippen LogP contribution in [0.5, 0.6) is 6.01 Å². The summed E-state index contributed by atoms with van der Waals surface area (Å²) in [7, 11) is 0. The predicted molar refractivity (Wildman–Crippen MR) is 73.7 cm³/mol. The molecular weight excluding hydrogens is 261 g/mol. The Labute approximate surface area is 114 Å². The second kappa shape index (κ2) is 6.93. The highest BCUT2D eigenvalue weighted by Gasteiger charge is 2.00.